The average Bonchev–Trinajstić information content (AvgIpc) is 2.63. The van der Waals surface area contributed by atoms with Gasteiger partial charge in [-0.25, -0.2) is 4.79 Å². The minimum absolute atomic E-state index is 0.189. The van der Waals surface area contributed by atoms with Crippen LogP contribution < -0.4 is 4.90 Å². The van der Waals surface area contributed by atoms with Gasteiger partial charge in [0.15, 0.2) is 6.10 Å². The lowest BCUT2D eigenvalue weighted by Crippen LogP contribution is -2.35. The fourth-order valence-corrected chi connectivity index (χ4v) is 2.24. The Kier molecular flexibility index (Phi) is 3.42. The van der Waals surface area contributed by atoms with E-state index in [1.54, 1.807) is 4.90 Å². The number of anilines is 1. The second kappa shape index (κ2) is 4.88. The topological polar surface area (TPSA) is 46.6 Å². The molecule has 0 unspecified atom stereocenters. The molecule has 0 bridgehead atoms. The number of para-hydroxylation sites is 1. The molecule has 1 atom stereocenters. The molecule has 1 heterocycles. The molecule has 1 aromatic rings. The smallest absolute Gasteiger partial charge is 0.330 e. The Bertz CT molecular complexity index is 507. The molecule has 1 saturated heterocycles. The van der Waals surface area contributed by atoms with Gasteiger partial charge in [-0.2, -0.15) is 0 Å². The highest BCUT2D eigenvalue weighted by atomic mass is 16.5. The van der Waals surface area contributed by atoms with Crippen molar-refractivity contribution in [1.29, 1.82) is 0 Å². The van der Waals surface area contributed by atoms with Crippen LogP contribution in [-0.2, 0) is 14.3 Å². The van der Waals surface area contributed by atoms with E-state index in [9.17, 15) is 9.59 Å². The lowest BCUT2D eigenvalue weighted by molar-refractivity contribution is -0.153. The molecule has 1 aliphatic heterocycles. The van der Waals surface area contributed by atoms with Crippen molar-refractivity contribution in [1.82, 2.24) is 0 Å². The number of carbonyl (C=O) groups excluding carboxylic acids is 2. The van der Waals surface area contributed by atoms with Crippen molar-refractivity contribution in [2.45, 2.75) is 20.0 Å². The van der Waals surface area contributed by atoms with E-state index in [4.69, 9.17) is 4.74 Å². The zero-order valence-corrected chi connectivity index (χ0v) is 11.1. The van der Waals surface area contributed by atoms with E-state index < -0.39 is 17.5 Å². The summed E-state index contributed by atoms with van der Waals surface area (Å²) in [5, 5.41) is 0. The summed E-state index contributed by atoms with van der Waals surface area (Å²) >= 11 is 0. The number of ether oxygens (including phenoxy) is 1. The summed E-state index contributed by atoms with van der Waals surface area (Å²) in [5.74, 6) is -0.757. The normalized spacial score (nSPS) is 21.3. The summed E-state index contributed by atoms with van der Waals surface area (Å²) in [6.07, 6.45) is 0.312. The van der Waals surface area contributed by atoms with Crippen LogP contribution in [0.3, 0.4) is 0 Å². The van der Waals surface area contributed by atoms with Crippen molar-refractivity contribution in [2.75, 3.05) is 11.4 Å². The van der Waals surface area contributed by atoms with E-state index in [-0.39, 0.29) is 5.91 Å². The number of hydrogen-bond donors (Lipinski definition) is 0. The maximum Gasteiger partial charge on any atom is 0.330 e. The lowest BCUT2D eigenvalue weighted by atomic mass is 9.89. The SMILES string of the molecule is C=CC(=O)O[C@@H]1C(=O)N(c2ccccc2)CC1(C)C. The van der Waals surface area contributed by atoms with Crippen molar-refractivity contribution < 1.29 is 14.3 Å². The monoisotopic (exact) mass is 259 g/mol. The summed E-state index contributed by atoms with van der Waals surface area (Å²) in [5.41, 5.74) is 0.392. The summed E-state index contributed by atoms with van der Waals surface area (Å²) < 4.78 is 5.19. The van der Waals surface area contributed by atoms with Gasteiger partial charge in [-0.15, -0.1) is 0 Å². The van der Waals surface area contributed by atoms with Crippen molar-refractivity contribution in [3.05, 3.63) is 43.0 Å². The zero-order valence-electron chi connectivity index (χ0n) is 11.1. The van der Waals surface area contributed by atoms with Crippen LogP contribution in [0.1, 0.15) is 13.8 Å². The minimum Gasteiger partial charge on any atom is -0.448 e. The molecule has 19 heavy (non-hydrogen) atoms. The van der Waals surface area contributed by atoms with Gasteiger partial charge in [0.1, 0.15) is 0 Å². The Morgan fingerprint density at radius 1 is 1.42 bits per heavy atom. The van der Waals surface area contributed by atoms with E-state index in [1.165, 1.54) is 0 Å². The average molecular weight is 259 g/mol. The van der Waals surface area contributed by atoms with Crippen molar-refractivity contribution >= 4 is 17.6 Å². The van der Waals surface area contributed by atoms with Crippen molar-refractivity contribution in [3.63, 3.8) is 0 Å². The van der Waals surface area contributed by atoms with E-state index >= 15 is 0 Å². The van der Waals surface area contributed by atoms with Crippen LogP contribution in [0.25, 0.3) is 0 Å². The molecule has 1 aliphatic rings. The summed E-state index contributed by atoms with van der Waals surface area (Å²) in [4.78, 5) is 25.4. The molecule has 0 aliphatic carbocycles. The first-order valence-electron chi connectivity index (χ1n) is 6.15. The van der Waals surface area contributed by atoms with Crippen LogP contribution in [0.4, 0.5) is 5.69 Å². The third-order valence-electron chi connectivity index (χ3n) is 3.23. The van der Waals surface area contributed by atoms with Gasteiger partial charge in [0, 0.05) is 23.7 Å². The zero-order chi connectivity index (χ0) is 14.0. The molecule has 4 heteroatoms. The van der Waals surface area contributed by atoms with Crippen LogP contribution in [0, 0.1) is 5.41 Å². The Morgan fingerprint density at radius 3 is 2.63 bits per heavy atom. The minimum atomic E-state index is -0.766. The van der Waals surface area contributed by atoms with Crippen molar-refractivity contribution in [3.8, 4) is 0 Å². The second-order valence-electron chi connectivity index (χ2n) is 5.27. The number of benzene rings is 1. The number of hydrogen-bond acceptors (Lipinski definition) is 3. The Balaban J connectivity index is 2.26. The number of amides is 1. The standard InChI is InChI=1S/C15H17NO3/c1-4-12(17)19-13-14(18)16(10-15(13,2)3)11-8-6-5-7-9-11/h4-9,13H,1,10H2,2-3H3/t13-/m1/s1. The van der Waals surface area contributed by atoms with E-state index in [2.05, 4.69) is 6.58 Å². The Labute approximate surface area is 112 Å². The predicted octanol–water partition coefficient (Wildman–Crippen LogP) is 2.16. The van der Waals surface area contributed by atoms with Gasteiger partial charge in [-0.05, 0) is 12.1 Å². The van der Waals surface area contributed by atoms with Gasteiger partial charge < -0.3 is 9.64 Å². The number of carbonyl (C=O) groups is 2. The highest BCUT2D eigenvalue weighted by molar-refractivity contribution is 6.01. The molecule has 100 valence electrons. The molecule has 2 rings (SSSR count). The fourth-order valence-electron chi connectivity index (χ4n) is 2.24. The van der Waals surface area contributed by atoms with E-state index in [0.717, 1.165) is 11.8 Å². The van der Waals surface area contributed by atoms with Crippen molar-refractivity contribution in [2.24, 2.45) is 5.41 Å². The second-order valence-corrected chi connectivity index (χ2v) is 5.27. The van der Waals surface area contributed by atoms with Crippen LogP contribution in [0.5, 0.6) is 0 Å². The highest BCUT2D eigenvalue weighted by Crippen LogP contribution is 2.35. The third kappa shape index (κ3) is 2.52. The predicted molar refractivity (Wildman–Crippen MR) is 72.7 cm³/mol. The maximum absolute atomic E-state index is 12.4. The van der Waals surface area contributed by atoms with Crippen LogP contribution >= 0.6 is 0 Å². The van der Waals surface area contributed by atoms with Gasteiger partial charge in [-0.3, -0.25) is 4.79 Å². The van der Waals surface area contributed by atoms with Gasteiger partial charge in [-0.1, -0.05) is 38.6 Å². The highest BCUT2D eigenvalue weighted by Gasteiger charge is 2.49. The molecule has 4 nitrogen and oxygen atoms in total. The number of esters is 1. The summed E-state index contributed by atoms with van der Waals surface area (Å²) in [6, 6.07) is 9.37. The Hall–Kier alpha value is -2.10. The fraction of sp³-hybridized carbons (Fsp3) is 0.333. The lowest BCUT2D eigenvalue weighted by Gasteiger charge is -2.22. The van der Waals surface area contributed by atoms with E-state index in [1.807, 2.05) is 44.2 Å². The molecule has 0 aromatic heterocycles. The van der Waals surface area contributed by atoms with Crippen LogP contribution in [0.15, 0.2) is 43.0 Å². The van der Waals surface area contributed by atoms with Gasteiger partial charge in [0.2, 0.25) is 0 Å². The molecule has 0 spiro atoms. The molecule has 0 saturated carbocycles. The maximum atomic E-state index is 12.4. The van der Waals surface area contributed by atoms with E-state index in [0.29, 0.717) is 6.54 Å². The molecule has 1 fully saturated rings. The van der Waals surface area contributed by atoms with Gasteiger partial charge >= 0.3 is 5.97 Å². The first kappa shape index (κ1) is 13.3. The number of nitrogens with zero attached hydrogens (tertiary/aromatic N) is 1. The molecular weight excluding hydrogens is 242 g/mol. The first-order valence-corrected chi connectivity index (χ1v) is 6.15. The summed E-state index contributed by atoms with van der Waals surface area (Å²) in [6.45, 7) is 7.70. The largest absolute Gasteiger partial charge is 0.448 e. The van der Waals surface area contributed by atoms with Crippen LogP contribution in [-0.4, -0.2) is 24.5 Å². The Morgan fingerprint density at radius 2 is 2.05 bits per heavy atom. The van der Waals surface area contributed by atoms with Gasteiger partial charge in [0.05, 0.1) is 0 Å². The molecule has 1 aromatic carbocycles. The molecular formula is C15H17NO3. The molecule has 1 amide bonds. The van der Waals surface area contributed by atoms with Gasteiger partial charge in [0.25, 0.3) is 5.91 Å². The molecule has 0 N–H and O–H groups in total. The summed E-state index contributed by atoms with van der Waals surface area (Å²) in [7, 11) is 0. The third-order valence-corrected chi connectivity index (χ3v) is 3.23. The first-order chi connectivity index (χ1) is 8.95. The molecule has 0 radical (unpaired) electrons. The quantitative estimate of drug-likeness (QED) is 0.617. The number of rotatable bonds is 3. The van der Waals surface area contributed by atoms with Crippen LogP contribution in [0.2, 0.25) is 0 Å².